The highest BCUT2D eigenvalue weighted by Gasteiger charge is 2.55. The second-order valence-electron chi connectivity index (χ2n) is 9.14. The first-order chi connectivity index (χ1) is 13.0. The van der Waals surface area contributed by atoms with Gasteiger partial charge in [0.05, 0.1) is 0 Å². The fourth-order valence-corrected chi connectivity index (χ4v) is 4.15. The van der Waals surface area contributed by atoms with Gasteiger partial charge in [-0.3, -0.25) is 9.69 Å². The van der Waals surface area contributed by atoms with Crippen LogP contribution in [-0.2, 0) is 15.0 Å². The monoisotopic (exact) mass is 386 g/mol. The average molecular weight is 386 g/mol. The highest BCUT2D eigenvalue weighted by Crippen LogP contribution is 2.38. The van der Waals surface area contributed by atoms with E-state index in [1.807, 2.05) is 26.0 Å². The van der Waals surface area contributed by atoms with E-state index in [2.05, 4.69) is 26.1 Å². The third-order valence-corrected chi connectivity index (χ3v) is 6.05. The summed E-state index contributed by atoms with van der Waals surface area (Å²) in [5.74, 6) is -0.409. The van der Waals surface area contributed by atoms with E-state index in [0.717, 1.165) is 35.3 Å². The molecule has 3 rings (SSSR count). The van der Waals surface area contributed by atoms with Gasteiger partial charge in [-0.05, 0) is 48.3 Å². The second-order valence-corrected chi connectivity index (χ2v) is 9.14. The average Bonchev–Trinajstić information content (AvgIpc) is 2.83. The van der Waals surface area contributed by atoms with E-state index >= 15 is 0 Å². The van der Waals surface area contributed by atoms with Crippen LogP contribution in [0.15, 0.2) is 18.2 Å². The Balaban J connectivity index is 1.70. The molecular formula is C22H30N2O4. The molecule has 1 aromatic rings. The minimum absolute atomic E-state index is 0.00162. The third kappa shape index (κ3) is 3.64. The van der Waals surface area contributed by atoms with E-state index < -0.39 is 17.5 Å². The number of benzene rings is 1. The predicted octanol–water partition coefficient (Wildman–Crippen LogP) is 3.70. The number of esters is 1. The van der Waals surface area contributed by atoms with Crippen molar-refractivity contribution >= 4 is 17.9 Å². The first kappa shape index (κ1) is 20.4. The van der Waals surface area contributed by atoms with Gasteiger partial charge in [0.15, 0.2) is 0 Å². The van der Waals surface area contributed by atoms with E-state index in [9.17, 15) is 14.4 Å². The highest BCUT2D eigenvalue weighted by atomic mass is 16.5. The number of urea groups is 1. The van der Waals surface area contributed by atoms with Crippen molar-refractivity contribution in [2.24, 2.45) is 5.92 Å². The molecule has 28 heavy (non-hydrogen) atoms. The van der Waals surface area contributed by atoms with Crippen LogP contribution in [0, 0.1) is 12.8 Å². The molecule has 1 heterocycles. The zero-order chi connectivity index (χ0) is 20.7. The number of rotatable bonds is 3. The van der Waals surface area contributed by atoms with E-state index in [1.165, 1.54) is 0 Å². The summed E-state index contributed by atoms with van der Waals surface area (Å²) in [4.78, 5) is 38.8. The molecule has 1 spiro atoms. The van der Waals surface area contributed by atoms with Crippen LogP contribution in [0.3, 0.4) is 0 Å². The zero-order valence-corrected chi connectivity index (χ0v) is 17.4. The Labute approximate surface area is 166 Å². The van der Waals surface area contributed by atoms with Gasteiger partial charge in [0, 0.05) is 0 Å². The van der Waals surface area contributed by atoms with Crippen molar-refractivity contribution in [1.29, 1.82) is 0 Å². The molecule has 0 bridgehead atoms. The number of nitrogens with one attached hydrogen (secondary N) is 1. The van der Waals surface area contributed by atoms with E-state index in [4.69, 9.17) is 4.74 Å². The number of imide groups is 1. The van der Waals surface area contributed by atoms with Crippen molar-refractivity contribution in [2.45, 2.75) is 71.3 Å². The van der Waals surface area contributed by atoms with Gasteiger partial charge in [-0.25, -0.2) is 9.59 Å². The molecule has 152 valence electrons. The second kappa shape index (κ2) is 7.22. The van der Waals surface area contributed by atoms with Gasteiger partial charge in [0.2, 0.25) is 0 Å². The molecule has 6 nitrogen and oxygen atoms in total. The highest BCUT2D eigenvalue weighted by molar-refractivity contribution is 6.09. The lowest BCUT2D eigenvalue weighted by Gasteiger charge is -2.36. The van der Waals surface area contributed by atoms with Crippen LogP contribution in [0.5, 0.6) is 5.75 Å². The lowest BCUT2D eigenvalue weighted by molar-refractivity contribution is -0.142. The molecule has 2 fully saturated rings. The van der Waals surface area contributed by atoms with Crippen molar-refractivity contribution in [2.75, 3.05) is 6.54 Å². The first-order valence-electron chi connectivity index (χ1n) is 10.0. The Morgan fingerprint density at radius 3 is 2.61 bits per heavy atom. The summed E-state index contributed by atoms with van der Waals surface area (Å²) in [5.41, 5.74) is 1.13. The van der Waals surface area contributed by atoms with Gasteiger partial charge in [0.1, 0.15) is 17.8 Å². The SMILES string of the molecule is Cc1cc(C(C)(C)C)ccc1OC(=O)CN1C(=O)NC2(CCCCC2C)C1=O. The van der Waals surface area contributed by atoms with Crippen LogP contribution in [0.4, 0.5) is 4.79 Å². The number of aryl methyl sites for hydroxylation is 1. The molecule has 2 aliphatic rings. The van der Waals surface area contributed by atoms with Crippen molar-refractivity contribution in [3.05, 3.63) is 29.3 Å². The molecule has 1 N–H and O–H groups in total. The van der Waals surface area contributed by atoms with Crippen LogP contribution in [0.2, 0.25) is 0 Å². The standard InChI is InChI=1S/C22H30N2O4/c1-14-12-16(21(3,4)5)9-10-17(14)28-18(25)13-24-19(26)22(23-20(24)27)11-7-6-8-15(22)2/h9-10,12,15H,6-8,11,13H2,1-5H3,(H,23,27). The lowest BCUT2D eigenvalue weighted by atomic mass is 9.73. The number of amides is 3. The maximum Gasteiger partial charge on any atom is 0.331 e. The molecule has 3 amide bonds. The topological polar surface area (TPSA) is 75.7 Å². The lowest BCUT2D eigenvalue weighted by Crippen LogP contribution is -2.54. The summed E-state index contributed by atoms with van der Waals surface area (Å²) in [6.07, 6.45) is 3.47. The van der Waals surface area contributed by atoms with E-state index in [1.54, 1.807) is 6.07 Å². The molecular weight excluding hydrogens is 356 g/mol. The minimum atomic E-state index is -0.861. The number of ether oxygens (including phenoxy) is 1. The van der Waals surface area contributed by atoms with Crippen LogP contribution in [-0.4, -0.2) is 34.9 Å². The number of carbonyl (C=O) groups is 3. The van der Waals surface area contributed by atoms with Gasteiger partial charge in [-0.15, -0.1) is 0 Å². The van der Waals surface area contributed by atoms with Crippen molar-refractivity contribution in [3.8, 4) is 5.75 Å². The molecule has 6 heteroatoms. The number of hydrogen-bond acceptors (Lipinski definition) is 4. The Bertz CT molecular complexity index is 811. The van der Waals surface area contributed by atoms with Gasteiger partial charge < -0.3 is 10.1 Å². The Kier molecular flexibility index (Phi) is 5.26. The molecule has 1 aromatic carbocycles. The third-order valence-electron chi connectivity index (χ3n) is 6.05. The summed E-state index contributed by atoms with van der Waals surface area (Å²) in [7, 11) is 0. The predicted molar refractivity (Wildman–Crippen MR) is 106 cm³/mol. The maximum absolute atomic E-state index is 12.9. The molecule has 1 saturated heterocycles. The fourth-order valence-electron chi connectivity index (χ4n) is 4.15. The molecule has 2 unspecified atom stereocenters. The smallest absolute Gasteiger partial charge is 0.331 e. The Hall–Kier alpha value is -2.37. The normalized spacial score (nSPS) is 25.2. The number of hydrogen-bond donors (Lipinski definition) is 1. The number of carbonyl (C=O) groups excluding carboxylic acids is 3. The van der Waals surface area contributed by atoms with E-state index in [0.29, 0.717) is 12.2 Å². The first-order valence-corrected chi connectivity index (χ1v) is 10.0. The van der Waals surface area contributed by atoms with Gasteiger partial charge >= 0.3 is 12.0 Å². The van der Waals surface area contributed by atoms with Gasteiger partial charge in [-0.2, -0.15) is 0 Å². The number of nitrogens with zero attached hydrogens (tertiary/aromatic N) is 1. The Morgan fingerprint density at radius 2 is 2.00 bits per heavy atom. The summed E-state index contributed by atoms with van der Waals surface area (Å²) in [6.45, 7) is 9.84. The van der Waals surface area contributed by atoms with Crippen LogP contribution < -0.4 is 10.1 Å². The molecule has 0 aromatic heterocycles. The molecule has 2 atom stereocenters. The van der Waals surface area contributed by atoms with Gasteiger partial charge in [0.25, 0.3) is 5.91 Å². The van der Waals surface area contributed by atoms with Crippen molar-refractivity contribution in [1.82, 2.24) is 10.2 Å². The summed E-state index contributed by atoms with van der Waals surface area (Å²) >= 11 is 0. The van der Waals surface area contributed by atoms with Crippen LogP contribution in [0.25, 0.3) is 0 Å². The molecule has 1 saturated carbocycles. The van der Waals surface area contributed by atoms with Crippen molar-refractivity contribution in [3.63, 3.8) is 0 Å². The zero-order valence-electron chi connectivity index (χ0n) is 17.4. The van der Waals surface area contributed by atoms with Crippen LogP contribution >= 0.6 is 0 Å². The summed E-state index contributed by atoms with van der Waals surface area (Å²) < 4.78 is 5.46. The molecule has 1 aliphatic carbocycles. The van der Waals surface area contributed by atoms with Crippen molar-refractivity contribution < 1.29 is 19.1 Å². The summed E-state index contributed by atoms with van der Waals surface area (Å²) in [6, 6.07) is 5.19. The molecule has 0 radical (unpaired) electrons. The maximum atomic E-state index is 12.9. The van der Waals surface area contributed by atoms with Gasteiger partial charge in [-0.1, -0.05) is 52.7 Å². The fraction of sp³-hybridized carbons (Fsp3) is 0.591. The van der Waals surface area contributed by atoms with Crippen LogP contribution in [0.1, 0.15) is 64.5 Å². The molecule has 1 aliphatic heterocycles. The largest absolute Gasteiger partial charge is 0.425 e. The van der Waals surface area contributed by atoms with E-state index in [-0.39, 0.29) is 23.8 Å². The summed E-state index contributed by atoms with van der Waals surface area (Å²) in [5, 5.41) is 2.85. The minimum Gasteiger partial charge on any atom is -0.425 e. The Morgan fingerprint density at radius 1 is 1.29 bits per heavy atom. The quantitative estimate of drug-likeness (QED) is 0.488.